The molecule has 1 N–H and O–H groups in total. The van der Waals surface area contributed by atoms with Crippen molar-refractivity contribution < 1.29 is 14.6 Å². The monoisotopic (exact) mass is 320 g/mol. The van der Waals surface area contributed by atoms with Crippen molar-refractivity contribution in [1.29, 1.82) is 0 Å². The van der Waals surface area contributed by atoms with Gasteiger partial charge in [0, 0.05) is 13.0 Å². The van der Waals surface area contributed by atoms with Crippen LogP contribution in [0.2, 0.25) is 0 Å². The lowest BCUT2D eigenvalue weighted by molar-refractivity contribution is -0.157. The number of aryl methyl sites for hydroxylation is 1. The van der Waals surface area contributed by atoms with Crippen molar-refractivity contribution in [3.63, 3.8) is 0 Å². The molecule has 0 radical (unpaired) electrons. The molecule has 2 atom stereocenters. The van der Waals surface area contributed by atoms with Gasteiger partial charge in [0.15, 0.2) is 5.60 Å². The molecule has 0 aliphatic heterocycles. The van der Waals surface area contributed by atoms with Gasteiger partial charge in [-0.15, -0.1) is 0 Å². The molecule has 0 amide bonds. The molecule has 1 aliphatic carbocycles. The molecule has 0 heterocycles. The summed E-state index contributed by atoms with van der Waals surface area (Å²) >= 11 is 0. The van der Waals surface area contributed by atoms with Gasteiger partial charge in [-0.1, -0.05) is 66.7 Å². The van der Waals surface area contributed by atoms with Crippen molar-refractivity contribution in [2.45, 2.75) is 18.4 Å². The first kappa shape index (κ1) is 16.2. The van der Waals surface area contributed by atoms with Crippen LogP contribution in [0.1, 0.15) is 22.6 Å². The first-order valence-electron chi connectivity index (χ1n) is 7.89. The van der Waals surface area contributed by atoms with Crippen LogP contribution in [-0.2, 0) is 9.53 Å². The van der Waals surface area contributed by atoms with Gasteiger partial charge in [-0.05, 0) is 35.3 Å². The summed E-state index contributed by atoms with van der Waals surface area (Å²) in [6, 6.07) is 17.7. The number of rotatable bonds is 4. The zero-order valence-corrected chi connectivity index (χ0v) is 13.8. The van der Waals surface area contributed by atoms with E-state index in [0.29, 0.717) is 0 Å². The molecule has 0 bridgehead atoms. The van der Waals surface area contributed by atoms with Gasteiger partial charge < -0.3 is 9.84 Å². The molecule has 2 unspecified atom stereocenters. The quantitative estimate of drug-likeness (QED) is 0.918. The number of methoxy groups -OCH3 is 1. The van der Waals surface area contributed by atoms with E-state index in [1.807, 2.05) is 60.7 Å². The van der Waals surface area contributed by atoms with Crippen molar-refractivity contribution in [2.75, 3.05) is 7.11 Å². The molecule has 122 valence electrons. The molecular formula is C21H20O3. The molecular weight excluding hydrogens is 300 g/mol. The zero-order chi connectivity index (χ0) is 17.2. The fourth-order valence-corrected chi connectivity index (χ4v) is 3.24. The third-order valence-corrected chi connectivity index (χ3v) is 4.61. The molecule has 0 saturated carbocycles. The molecule has 0 saturated heterocycles. The van der Waals surface area contributed by atoms with E-state index in [1.165, 1.54) is 7.11 Å². The molecule has 3 nitrogen and oxygen atoms in total. The molecule has 1 aliphatic rings. The van der Waals surface area contributed by atoms with Gasteiger partial charge in [-0.25, -0.2) is 4.79 Å². The fourth-order valence-electron chi connectivity index (χ4n) is 3.24. The van der Waals surface area contributed by atoms with Gasteiger partial charge in [-0.2, -0.15) is 0 Å². The Labute approximate surface area is 141 Å². The van der Waals surface area contributed by atoms with Crippen molar-refractivity contribution in [1.82, 2.24) is 0 Å². The van der Waals surface area contributed by atoms with Crippen LogP contribution in [0.25, 0.3) is 5.57 Å². The SMILES string of the molecule is COC1(C(=O)O)C=CC(c2ccccc2C)=CC1c1ccccc1. The van der Waals surface area contributed by atoms with E-state index in [0.717, 1.165) is 22.3 Å². The van der Waals surface area contributed by atoms with E-state index in [2.05, 4.69) is 13.0 Å². The van der Waals surface area contributed by atoms with Gasteiger partial charge >= 0.3 is 5.97 Å². The average Bonchev–Trinajstić information content (AvgIpc) is 2.62. The van der Waals surface area contributed by atoms with Crippen LogP contribution >= 0.6 is 0 Å². The van der Waals surface area contributed by atoms with Crippen LogP contribution in [0.15, 0.2) is 72.8 Å². The summed E-state index contributed by atoms with van der Waals surface area (Å²) in [6.07, 6.45) is 5.50. The first-order chi connectivity index (χ1) is 11.6. The summed E-state index contributed by atoms with van der Waals surface area (Å²) in [5, 5.41) is 9.83. The van der Waals surface area contributed by atoms with Crippen molar-refractivity contribution in [3.8, 4) is 0 Å². The minimum atomic E-state index is -1.40. The van der Waals surface area contributed by atoms with Crippen LogP contribution in [0.4, 0.5) is 0 Å². The third kappa shape index (κ3) is 2.68. The van der Waals surface area contributed by atoms with Crippen LogP contribution in [0, 0.1) is 6.92 Å². The maximum atomic E-state index is 12.0. The number of ether oxygens (including phenoxy) is 1. The van der Waals surface area contributed by atoms with Crippen LogP contribution in [0.5, 0.6) is 0 Å². The smallest absolute Gasteiger partial charge is 0.341 e. The predicted octanol–water partition coefficient (Wildman–Crippen LogP) is 4.20. The Morgan fingerprint density at radius 1 is 1.08 bits per heavy atom. The zero-order valence-electron chi connectivity index (χ0n) is 13.8. The number of hydrogen-bond donors (Lipinski definition) is 1. The molecule has 2 aromatic carbocycles. The Morgan fingerprint density at radius 3 is 2.38 bits per heavy atom. The highest BCUT2D eigenvalue weighted by atomic mass is 16.5. The molecule has 3 heteroatoms. The number of carboxylic acids is 1. The molecule has 0 aromatic heterocycles. The molecule has 0 spiro atoms. The van der Waals surface area contributed by atoms with Gasteiger partial charge in [0.1, 0.15) is 0 Å². The highest BCUT2D eigenvalue weighted by Crippen LogP contribution is 2.41. The lowest BCUT2D eigenvalue weighted by atomic mass is 9.76. The van der Waals surface area contributed by atoms with Gasteiger partial charge in [0.05, 0.1) is 0 Å². The topological polar surface area (TPSA) is 46.5 Å². The van der Waals surface area contributed by atoms with E-state index in [4.69, 9.17) is 4.74 Å². The Hall–Kier alpha value is -2.65. The summed E-state index contributed by atoms with van der Waals surface area (Å²) in [7, 11) is 1.45. The number of aliphatic carboxylic acids is 1. The predicted molar refractivity (Wildman–Crippen MR) is 94.9 cm³/mol. The van der Waals surface area contributed by atoms with Crippen LogP contribution in [0.3, 0.4) is 0 Å². The molecule has 24 heavy (non-hydrogen) atoms. The second-order valence-corrected chi connectivity index (χ2v) is 5.96. The average molecular weight is 320 g/mol. The Morgan fingerprint density at radius 2 is 1.75 bits per heavy atom. The van der Waals surface area contributed by atoms with Crippen molar-refractivity contribution >= 4 is 11.5 Å². The molecule has 0 fully saturated rings. The summed E-state index contributed by atoms with van der Waals surface area (Å²) in [4.78, 5) is 12.0. The van der Waals surface area contributed by atoms with Crippen molar-refractivity contribution in [2.24, 2.45) is 0 Å². The maximum absolute atomic E-state index is 12.0. The number of carbonyl (C=O) groups is 1. The minimum absolute atomic E-state index is 0.402. The second kappa shape index (κ2) is 6.46. The summed E-state index contributed by atoms with van der Waals surface area (Å²) in [6.45, 7) is 2.05. The lowest BCUT2D eigenvalue weighted by Crippen LogP contribution is -2.45. The highest BCUT2D eigenvalue weighted by Gasteiger charge is 2.45. The number of benzene rings is 2. The first-order valence-corrected chi connectivity index (χ1v) is 7.89. The van der Waals surface area contributed by atoms with E-state index >= 15 is 0 Å². The fraction of sp³-hybridized carbons (Fsp3) is 0.190. The number of carboxylic acid groups (broad SMARTS) is 1. The second-order valence-electron chi connectivity index (χ2n) is 5.96. The molecule has 3 rings (SSSR count). The normalized spacial score (nSPS) is 22.9. The lowest BCUT2D eigenvalue weighted by Gasteiger charge is -2.35. The van der Waals surface area contributed by atoms with Crippen molar-refractivity contribution in [3.05, 3.63) is 89.5 Å². The highest BCUT2D eigenvalue weighted by molar-refractivity contribution is 5.88. The summed E-state index contributed by atoms with van der Waals surface area (Å²) in [5.41, 5.74) is 2.78. The Kier molecular flexibility index (Phi) is 4.36. The largest absolute Gasteiger partial charge is 0.479 e. The Bertz CT molecular complexity index is 805. The van der Waals surface area contributed by atoms with Gasteiger partial charge in [-0.3, -0.25) is 0 Å². The van der Waals surface area contributed by atoms with E-state index in [-0.39, 0.29) is 0 Å². The van der Waals surface area contributed by atoms with Gasteiger partial charge in [0.25, 0.3) is 0 Å². The maximum Gasteiger partial charge on any atom is 0.341 e. The minimum Gasteiger partial charge on any atom is -0.479 e. The van der Waals surface area contributed by atoms with Crippen LogP contribution in [-0.4, -0.2) is 23.8 Å². The van der Waals surface area contributed by atoms with Crippen LogP contribution < -0.4 is 0 Å². The molecule has 2 aromatic rings. The summed E-state index contributed by atoms with van der Waals surface area (Å²) in [5.74, 6) is -1.39. The Balaban J connectivity index is 2.15. The standard InChI is InChI=1S/C21H20O3/c1-15-8-6-7-11-18(15)17-12-13-21(24-2,20(22)23)19(14-17)16-9-4-3-5-10-16/h3-14,19H,1-2H3,(H,22,23). The van der Waals surface area contributed by atoms with E-state index in [1.54, 1.807) is 6.08 Å². The number of allylic oxidation sites excluding steroid dienone is 2. The third-order valence-electron chi connectivity index (χ3n) is 4.61. The summed E-state index contributed by atoms with van der Waals surface area (Å²) < 4.78 is 5.49. The van der Waals surface area contributed by atoms with E-state index < -0.39 is 17.5 Å². The number of hydrogen-bond acceptors (Lipinski definition) is 2. The van der Waals surface area contributed by atoms with Gasteiger partial charge in [0.2, 0.25) is 0 Å². The van der Waals surface area contributed by atoms with E-state index in [9.17, 15) is 9.90 Å².